The molecule has 1 aromatic carbocycles. The lowest BCUT2D eigenvalue weighted by Gasteiger charge is -2.20. The molecule has 2 aromatic heterocycles. The van der Waals surface area contributed by atoms with Crippen LogP contribution in [0, 0.1) is 0 Å². The highest BCUT2D eigenvalue weighted by atomic mass is 35.5. The molecular formula is C17H17ClN2O2. The largest absolute Gasteiger partial charge is 0.496 e. The fraction of sp³-hybridized carbons (Fsp3) is 0.176. The van der Waals surface area contributed by atoms with Gasteiger partial charge in [0.2, 0.25) is 0 Å². The summed E-state index contributed by atoms with van der Waals surface area (Å²) in [4.78, 5) is 6.56. The van der Waals surface area contributed by atoms with Crippen LogP contribution in [0.1, 0.15) is 22.9 Å². The number of halogens is 1. The summed E-state index contributed by atoms with van der Waals surface area (Å²) >= 11 is 6.21. The quantitative estimate of drug-likeness (QED) is 0.741. The van der Waals surface area contributed by atoms with Gasteiger partial charge < -0.3 is 19.4 Å². The van der Waals surface area contributed by atoms with E-state index in [1.54, 1.807) is 20.3 Å². The van der Waals surface area contributed by atoms with E-state index in [0.717, 1.165) is 22.7 Å². The summed E-state index contributed by atoms with van der Waals surface area (Å²) in [6.07, 6.45) is 3.82. The number of H-pyrrole nitrogens is 2. The van der Waals surface area contributed by atoms with Gasteiger partial charge in [-0.05, 0) is 30.3 Å². The molecule has 0 saturated heterocycles. The lowest BCUT2D eigenvalue weighted by atomic mass is 9.91. The number of hydrogen-bond acceptors (Lipinski definition) is 2. The second kappa shape index (κ2) is 6.20. The molecule has 0 atom stereocenters. The summed E-state index contributed by atoms with van der Waals surface area (Å²) in [5.74, 6) is 1.33. The summed E-state index contributed by atoms with van der Waals surface area (Å²) < 4.78 is 10.9. The van der Waals surface area contributed by atoms with Gasteiger partial charge in [0.1, 0.15) is 11.5 Å². The van der Waals surface area contributed by atoms with E-state index in [2.05, 4.69) is 9.97 Å². The van der Waals surface area contributed by atoms with Gasteiger partial charge in [-0.15, -0.1) is 0 Å². The van der Waals surface area contributed by atoms with Crippen molar-refractivity contribution in [1.82, 2.24) is 9.97 Å². The van der Waals surface area contributed by atoms with E-state index in [4.69, 9.17) is 21.1 Å². The molecular weight excluding hydrogens is 300 g/mol. The number of aromatic nitrogens is 2. The molecule has 3 rings (SSSR count). The molecule has 3 aromatic rings. The maximum absolute atomic E-state index is 6.21. The van der Waals surface area contributed by atoms with Gasteiger partial charge in [0.15, 0.2) is 0 Å². The normalized spacial score (nSPS) is 10.9. The molecule has 2 heterocycles. The van der Waals surface area contributed by atoms with Crippen LogP contribution in [0.3, 0.4) is 0 Å². The first-order valence-electron chi connectivity index (χ1n) is 6.92. The van der Waals surface area contributed by atoms with Crippen molar-refractivity contribution in [2.24, 2.45) is 0 Å². The van der Waals surface area contributed by atoms with E-state index in [0.29, 0.717) is 10.8 Å². The Bertz CT molecular complexity index is 702. The molecule has 0 aliphatic carbocycles. The highest BCUT2D eigenvalue weighted by Gasteiger charge is 2.24. The van der Waals surface area contributed by atoms with Crippen LogP contribution in [0.2, 0.25) is 5.02 Å². The van der Waals surface area contributed by atoms with Crippen molar-refractivity contribution in [3.8, 4) is 11.5 Å². The zero-order valence-electron chi connectivity index (χ0n) is 12.4. The third kappa shape index (κ3) is 2.57. The average Bonchev–Trinajstić information content (AvgIpc) is 3.22. The van der Waals surface area contributed by atoms with Crippen LogP contribution in [0.4, 0.5) is 0 Å². The smallest absolute Gasteiger partial charge is 0.138 e. The van der Waals surface area contributed by atoms with E-state index in [9.17, 15) is 0 Å². The van der Waals surface area contributed by atoms with Crippen molar-refractivity contribution in [2.45, 2.75) is 5.92 Å². The zero-order valence-corrected chi connectivity index (χ0v) is 13.1. The molecule has 0 aliphatic heterocycles. The predicted molar refractivity (Wildman–Crippen MR) is 87.1 cm³/mol. The van der Waals surface area contributed by atoms with Gasteiger partial charge in [-0.3, -0.25) is 0 Å². The Morgan fingerprint density at radius 1 is 0.909 bits per heavy atom. The topological polar surface area (TPSA) is 50.0 Å². The molecule has 0 bridgehead atoms. The van der Waals surface area contributed by atoms with Gasteiger partial charge in [0, 0.05) is 35.4 Å². The molecule has 0 radical (unpaired) electrons. The van der Waals surface area contributed by atoms with E-state index in [-0.39, 0.29) is 5.92 Å². The Labute approximate surface area is 134 Å². The second-order valence-corrected chi connectivity index (χ2v) is 5.32. The molecule has 2 N–H and O–H groups in total. The second-order valence-electron chi connectivity index (χ2n) is 4.91. The van der Waals surface area contributed by atoms with Crippen LogP contribution in [-0.4, -0.2) is 24.2 Å². The summed E-state index contributed by atoms with van der Waals surface area (Å²) in [7, 11) is 3.25. The van der Waals surface area contributed by atoms with Gasteiger partial charge in [-0.2, -0.15) is 0 Å². The fourth-order valence-corrected chi connectivity index (χ4v) is 2.89. The number of hydrogen-bond donors (Lipinski definition) is 2. The Kier molecular flexibility index (Phi) is 4.11. The standard InChI is InChI=1S/C17H17ClN2O2/c1-21-15-10-12(18)16(22-2)9-11(15)17(13-5-3-7-19-13)14-6-4-8-20-14/h3-10,17,19-20H,1-2H3. The van der Waals surface area contributed by atoms with Crippen molar-refractivity contribution < 1.29 is 9.47 Å². The zero-order chi connectivity index (χ0) is 15.5. The minimum absolute atomic E-state index is 0.0221. The first kappa shape index (κ1) is 14.6. The summed E-state index contributed by atoms with van der Waals surface area (Å²) in [5, 5.41) is 0.528. The molecule has 0 saturated carbocycles. The number of aromatic amines is 2. The van der Waals surface area contributed by atoms with Crippen molar-refractivity contribution in [1.29, 1.82) is 0 Å². The maximum atomic E-state index is 6.21. The minimum atomic E-state index is -0.0221. The van der Waals surface area contributed by atoms with Crippen LogP contribution in [0.15, 0.2) is 48.8 Å². The van der Waals surface area contributed by atoms with E-state index >= 15 is 0 Å². The third-order valence-corrected chi connectivity index (χ3v) is 3.98. The Morgan fingerprint density at radius 2 is 1.50 bits per heavy atom. The van der Waals surface area contributed by atoms with Crippen LogP contribution in [-0.2, 0) is 0 Å². The molecule has 22 heavy (non-hydrogen) atoms. The van der Waals surface area contributed by atoms with Gasteiger partial charge in [0.25, 0.3) is 0 Å². The molecule has 0 fully saturated rings. The highest BCUT2D eigenvalue weighted by Crippen LogP contribution is 2.41. The van der Waals surface area contributed by atoms with Crippen molar-refractivity contribution in [3.05, 3.63) is 70.8 Å². The number of benzene rings is 1. The number of methoxy groups -OCH3 is 2. The molecule has 0 unspecified atom stereocenters. The van der Waals surface area contributed by atoms with Gasteiger partial charge in [-0.25, -0.2) is 0 Å². The first-order chi connectivity index (χ1) is 10.7. The third-order valence-electron chi connectivity index (χ3n) is 3.68. The van der Waals surface area contributed by atoms with Crippen LogP contribution in [0.25, 0.3) is 0 Å². The Balaban J connectivity index is 2.20. The SMILES string of the molecule is COc1cc(C(c2ccc[nH]2)c2ccc[nH]2)c(OC)cc1Cl. The number of rotatable bonds is 5. The lowest BCUT2D eigenvalue weighted by Crippen LogP contribution is -2.07. The van der Waals surface area contributed by atoms with Crippen molar-refractivity contribution in [3.63, 3.8) is 0 Å². The minimum Gasteiger partial charge on any atom is -0.496 e. The summed E-state index contributed by atoms with van der Waals surface area (Å²) in [5.41, 5.74) is 3.10. The highest BCUT2D eigenvalue weighted by molar-refractivity contribution is 6.32. The van der Waals surface area contributed by atoms with E-state index in [1.807, 2.05) is 42.7 Å². The molecule has 5 heteroatoms. The molecule has 0 spiro atoms. The van der Waals surface area contributed by atoms with Crippen LogP contribution in [0.5, 0.6) is 11.5 Å². The van der Waals surface area contributed by atoms with E-state index < -0.39 is 0 Å². The van der Waals surface area contributed by atoms with Crippen LogP contribution >= 0.6 is 11.6 Å². The average molecular weight is 317 g/mol. The molecule has 114 valence electrons. The predicted octanol–water partition coefficient (Wildman–Crippen LogP) is 4.19. The fourth-order valence-electron chi connectivity index (χ4n) is 2.66. The van der Waals surface area contributed by atoms with Crippen molar-refractivity contribution in [2.75, 3.05) is 14.2 Å². The molecule has 4 nitrogen and oxygen atoms in total. The number of nitrogens with one attached hydrogen (secondary N) is 2. The van der Waals surface area contributed by atoms with Gasteiger partial charge in [0.05, 0.1) is 25.2 Å². The van der Waals surface area contributed by atoms with Gasteiger partial charge in [-0.1, -0.05) is 11.6 Å². The Hall–Kier alpha value is -2.33. The lowest BCUT2D eigenvalue weighted by molar-refractivity contribution is 0.398. The Morgan fingerprint density at radius 3 is 1.95 bits per heavy atom. The maximum Gasteiger partial charge on any atom is 0.138 e. The monoisotopic (exact) mass is 316 g/mol. The van der Waals surface area contributed by atoms with E-state index in [1.165, 1.54) is 0 Å². The molecule has 0 amide bonds. The molecule has 0 aliphatic rings. The van der Waals surface area contributed by atoms with Crippen LogP contribution < -0.4 is 9.47 Å². The summed E-state index contributed by atoms with van der Waals surface area (Å²) in [6.45, 7) is 0. The first-order valence-corrected chi connectivity index (χ1v) is 7.30. The number of ether oxygens (including phenoxy) is 2. The van der Waals surface area contributed by atoms with Crippen molar-refractivity contribution >= 4 is 11.6 Å². The van der Waals surface area contributed by atoms with Gasteiger partial charge >= 0.3 is 0 Å². The summed E-state index contributed by atoms with van der Waals surface area (Å²) in [6, 6.07) is 11.8.